The minimum Gasteiger partial charge on any atom is -0.389 e. The lowest BCUT2D eigenvalue weighted by atomic mass is 10.4. The lowest BCUT2D eigenvalue weighted by Gasteiger charge is -2.10. The van der Waals surface area contributed by atoms with Gasteiger partial charge in [-0.25, -0.2) is 13.1 Å². The number of aliphatic hydroxyl groups excluding tert-OH is 1. The Labute approximate surface area is 103 Å². The average molecular weight is 286 g/mol. The third-order valence-corrected chi connectivity index (χ3v) is 4.83. The Morgan fingerprint density at radius 3 is 2.81 bits per heavy atom. The van der Waals surface area contributed by atoms with Crippen LogP contribution in [0.1, 0.15) is 0 Å². The van der Waals surface area contributed by atoms with Crippen molar-refractivity contribution in [2.24, 2.45) is 0 Å². The number of thiophene rings is 1. The molecule has 1 rings (SSSR count). The Bertz CT molecular complexity index is 431. The van der Waals surface area contributed by atoms with E-state index in [1.54, 1.807) is 0 Å². The Hall–Kier alpha value is -0.180. The summed E-state index contributed by atoms with van der Waals surface area (Å²) in [6.07, 6.45) is -0.866. The fourth-order valence-electron chi connectivity index (χ4n) is 0.970. The SMILES string of the molecule is COCC(O)CNS(=O)(=O)c1ccc(Cl)s1. The largest absolute Gasteiger partial charge is 0.389 e. The quantitative estimate of drug-likeness (QED) is 0.806. The van der Waals surface area contributed by atoms with Crippen molar-refractivity contribution < 1.29 is 18.3 Å². The van der Waals surface area contributed by atoms with Gasteiger partial charge in [0.1, 0.15) is 4.21 Å². The number of halogens is 1. The summed E-state index contributed by atoms with van der Waals surface area (Å²) in [5.41, 5.74) is 0. The van der Waals surface area contributed by atoms with Crippen molar-refractivity contribution in [3.8, 4) is 0 Å². The van der Waals surface area contributed by atoms with Gasteiger partial charge in [0.25, 0.3) is 0 Å². The monoisotopic (exact) mass is 285 g/mol. The molecular formula is C8H12ClNO4S2. The van der Waals surface area contributed by atoms with Crippen molar-refractivity contribution in [2.45, 2.75) is 10.3 Å². The fraction of sp³-hybridized carbons (Fsp3) is 0.500. The van der Waals surface area contributed by atoms with Crippen LogP contribution in [0.3, 0.4) is 0 Å². The van der Waals surface area contributed by atoms with Gasteiger partial charge in [-0.3, -0.25) is 0 Å². The second-order valence-electron chi connectivity index (χ2n) is 3.02. The number of methoxy groups -OCH3 is 1. The highest BCUT2D eigenvalue weighted by Gasteiger charge is 2.17. The molecule has 0 amide bonds. The van der Waals surface area contributed by atoms with Crippen molar-refractivity contribution >= 4 is 33.0 Å². The molecule has 0 saturated carbocycles. The molecule has 1 heterocycles. The molecule has 16 heavy (non-hydrogen) atoms. The third-order valence-electron chi connectivity index (χ3n) is 1.68. The van der Waals surface area contributed by atoms with Crippen molar-refractivity contribution in [3.05, 3.63) is 16.5 Å². The van der Waals surface area contributed by atoms with E-state index in [-0.39, 0.29) is 17.4 Å². The van der Waals surface area contributed by atoms with E-state index in [9.17, 15) is 13.5 Å². The van der Waals surface area contributed by atoms with E-state index >= 15 is 0 Å². The topological polar surface area (TPSA) is 75.6 Å². The van der Waals surface area contributed by atoms with Crippen LogP contribution in [0.4, 0.5) is 0 Å². The minimum absolute atomic E-state index is 0.0771. The Morgan fingerprint density at radius 2 is 2.31 bits per heavy atom. The maximum atomic E-state index is 11.6. The first kappa shape index (κ1) is 13.9. The van der Waals surface area contributed by atoms with Gasteiger partial charge in [0.2, 0.25) is 10.0 Å². The van der Waals surface area contributed by atoms with Crippen LogP contribution in [0.5, 0.6) is 0 Å². The highest BCUT2D eigenvalue weighted by Crippen LogP contribution is 2.25. The van der Waals surface area contributed by atoms with Crippen LogP contribution in [0, 0.1) is 0 Å². The van der Waals surface area contributed by atoms with E-state index in [2.05, 4.69) is 9.46 Å². The molecule has 0 aliphatic heterocycles. The number of hydrogen-bond acceptors (Lipinski definition) is 5. The van der Waals surface area contributed by atoms with Gasteiger partial charge in [-0.15, -0.1) is 11.3 Å². The predicted octanol–water partition coefficient (Wildman–Crippen LogP) is 0.687. The van der Waals surface area contributed by atoms with E-state index < -0.39 is 16.1 Å². The number of rotatable bonds is 6. The van der Waals surface area contributed by atoms with Gasteiger partial charge < -0.3 is 9.84 Å². The molecule has 1 atom stereocenters. The maximum Gasteiger partial charge on any atom is 0.250 e. The summed E-state index contributed by atoms with van der Waals surface area (Å²) in [4.78, 5) is 0. The van der Waals surface area contributed by atoms with Gasteiger partial charge in [0.05, 0.1) is 17.0 Å². The van der Waals surface area contributed by atoms with E-state index in [0.29, 0.717) is 4.34 Å². The van der Waals surface area contributed by atoms with Crippen LogP contribution in [-0.4, -0.2) is 39.9 Å². The van der Waals surface area contributed by atoms with Crippen LogP contribution in [-0.2, 0) is 14.8 Å². The number of sulfonamides is 1. The molecule has 5 nitrogen and oxygen atoms in total. The van der Waals surface area contributed by atoms with Crippen molar-refractivity contribution in [2.75, 3.05) is 20.3 Å². The summed E-state index contributed by atoms with van der Waals surface area (Å²) in [5, 5.41) is 9.29. The molecule has 0 aliphatic carbocycles. The van der Waals surface area contributed by atoms with E-state index in [1.165, 1.54) is 19.2 Å². The standard InChI is InChI=1S/C8H12ClNO4S2/c1-14-5-6(11)4-10-16(12,13)8-3-2-7(9)15-8/h2-3,6,10-11H,4-5H2,1H3. The van der Waals surface area contributed by atoms with Crippen molar-refractivity contribution in [1.82, 2.24) is 4.72 Å². The van der Waals surface area contributed by atoms with Crippen LogP contribution < -0.4 is 4.72 Å². The summed E-state index contributed by atoms with van der Waals surface area (Å²) in [6.45, 7) is -0.0145. The van der Waals surface area contributed by atoms with Gasteiger partial charge in [0, 0.05) is 13.7 Å². The zero-order chi connectivity index (χ0) is 12.2. The summed E-state index contributed by atoms with van der Waals surface area (Å²) in [6, 6.07) is 2.92. The summed E-state index contributed by atoms with van der Waals surface area (Å²) < 4.78 is 30.8. The van der Waals surface area contributed by atoms with Crippen molar-refractivity contribution in [1.29, 1.82) is 0 Å². The van der Waals surface area contributed by atoms with Crippen LogP contribution in [0.25, 0.3) is 0 Å². The first-order chi connectivity index (χ1) is 7.45. The Kier molecular flexibility index (Phi) is 5.16. The molecule has 0 aliphatic rings. The minimum atomic E-state index is -3.58. The fourth-order valence-corrected chi connectivity index (χ4v) is 3.57. The molecule has 0 radical (unpaired) electrons. The second-order valence-corrected chi connectivity index (χ2v) is 6.73. The lowest BCUT2D eigenvalue weighted by Crippen LogP contribution is -2.34. The normalized spacial score (nSPS) is 13.9. The zero-order valence-electron chi connectivity index (χ0n) is 8.51. The summed E-state index contributed by atoms with van der Waals surface area (Å²) >= 11 is 6.60. The van der Waals surface area contributed by atoms with Crippen LogP contribution >= 0.6 is 22.9 Å². The number of ether oxygens (including phenoxy) is 1. The van der Waals surface area contributed by atoms with Gasteiger partial charge in [-0.05, 0) is 12.1 Å². The van der Waals surface area contributed by atoms with Crippen LogP contribution in [0.2, 0.25) is 4.34 Å². The number of nitrogens with one attached hydrogen (secondary N) is 1. The molecule has 1 aromatic heterocycles. The molecule has 0 bridgehead atoms. The molecule has 1 aromatic rings. The maximum absolute atomic E-state index is 11.6. The highest BCUT2D eigenvalue weighted by molar-refractivity contribution is 7.91. The van der Waals surface area contributed by atoms with Gasteiger partial charge in [-0.2, -0.15) is 0 Å². The third kappa shape index (κ3) is 4.00. The second kappa shape index (κ2) is 5.95. The van der Waals surface area contributed by atoms with Gasteiger partial charge >= 0.3 is 0 Å². The summed E-state index contributed by atoms with van der Waals surface area (Å²) in [7, 11) is -2.16. The first-order valence-electron chi connectivity index (χ1n) is 4.37. The molecule has 0 saturated heterocycles. The molecule has 0 spiro atoms. The van der Waals surface area contributed by atoms with E-state index in [1.807, 2.05) is 0 Å². The molecular weight excluding hydrogens is 274 g/mol. The highest BCUT2D eigenvalue weighted by atomic mass is 35.5. The van der Waals surface area contributed by atoms with Gasteiger partial charge in [0.15, 0.2) is 0 Å². The molecule has 0 aromatic carbocycles. The Balaban J connectivity index is 2.59. The predicted molar refractivity (Wildman–Crippen MR) is 62.4 cm³/mol. The molecule has 8 heteroatoms. The summed E-state index contributed by atoms with van der Waals surface area (Å²) in [5.74, 6) is 0. The molecule has 2 N–H and O–H groups in total. The number of hydrogen-bond donors (Lipinski definition) is 2. The van der Waals surface area contributed by atoms with Crippen LogP contribution in [0.15, 0.2) is 16.3 Å². The molecule has 92 valence electrons. The average Bonchev–Trinajstić information content (AvgIpc) is 2.63. The zero-order valence-corrected chi connectivity index (χ0v) is 10.9. The van der Waals surface area contributed by atoms with Crippen molar-refractivity contribution in [3.63, 3.8) is 0 Å². The van der Waals surface area contributed by atoms with E-state index in [0.717, 1.165) is 11.3 Å². The lowest BCUT2D eigenvalue weighted by molar-refractivity contribution is 0.0679. The first-order valence-corrected chi connectivity index (χ1v) is 7.05. The van der Waals surface area contributed by atoms with Gasteiger partial charge in [-0.1, -0.05) is 11.6 Å². The molecule has 0 fully saturated rings. The molecule has 1 unspecified atom stereocenters. The number of aliphatic hydroxyl groups is 1. The van der Waals surface area contributed by atoms with E-state index in [4.69, 9.17) is 11.6 Å². The smallest absolute Gasteiger partial charge is 0.250 e. The Morgan fingerprint density at radius 1 is 1.62 bits per heavy atom.